The molecule has 0 amide bonds. The van der Waals surface area contributed by atoms with Gasteiger partial charge in [0.25, 0.3) is 0 Å². The molecule has 0 aliphatic heterocycles. The first-order valence-electron chi connectivity index (χ1n) is 9.53. The number of thiophene rings is 1. The summed E-state index contributed by atoms with van der Waals surface area (Å²) in [6.45, 7) is 4.05. The number of rotatable bonds is 5. The monoisotopic (exact) mass is 404 g/mol. The SMILES string of the molecule is CCOC(=O)c1c2cccccc-2c(C(=O)OCC)c1-c1cc2ccccc2s1. The van der Waals surface area contributed by atoms with Crippen molar-refractivity contribution in [2.75, 3.05) is 13.2 Å². The molecule has 0 spiro atoms. The zero-order valence-electron chi connectivity index (χ0n) is 16.2. The molecule has 0 saturated heterocycles. The van der Waals surface area contributed by atoms with Gasteiger partial charge in [-0.1, -0.05) is 48.5 Å². The van der Waals surface area contributed by atoms with Crippen LogP contribution in [-0.2, 0) is 9.47 Å². The highest BCUT2D eigenvalue weighted by molar-refractivity contribution is 7.22. The summed E-state index contributed by atoms with van der Waals surface area (Å²) < 4.78 is 11.8. The van der Waals surface area contributed by atoms with Crippen LogP contribution in [0.2, 0.25) is 0 Å². The van der Waals surface area contributed by atoms with Gasteiger partial charge in [-0.25, -0.2) is 9.59 Å². The third-order valence-electron chi connectivity index (χ3n) is 4.71. The molecule has 2 aliphatic carbocycles. The molecule has 0 saturated carbocycles. The van der Waals surface area contributed by atoms with E-state index in [0.717, 1.165) is 15.0 Å². The van der Waals surface area contributed by atoms with E-state index in [-0.39, 0.29) is 13.2 Å². The maximum absolute atomic E-state index is 13.0. The minimum Gasteiger partial charge on any atom is -0.462 e. The maximum Gasteiger partial charge on any atom is 0.339 e. The first-order valence-corrected chi connectivity index (χ1v) is 10.3. The molecule has 0 bridgehead atoms. The number of hydrogen-bond acceptors (Lipinski definition) is 5. The van der Waals surface area contributed by atoms with Gasteiger partial charge in [0, 0.05) is 15.1 Å². The summed E-state index contributed by atoms with van der Waals surface area (Å²) in [6, 6.07) is 19.3. The van der Waals surface area contributed by atoms with Crippen LogP contribution in [0.1, 0.15) is 34.6 Å². The molecule has 0 atom stereocenters. The second-order valence-electron chi connectivity index (χ2n) is 6.45. The van der Waals surface area contributed by atoms with Crippen LogP contribution in [0.3, 0.4) is 0 Å². The van der Waals surface area contributed by atoms with Crippen LogP contribution in [-0.4, -0.2) is 25.2 Å². The summed E-state index contributed by atoms with van der Waals surface area (Å²) in [6.07, 6.45) is 0. The Hall–Kier alpha value is -3.18. The summed E-state index contributed by atoms with van der Waals surface area (Å²) in [5, 5.41) is 1.06. The zero-order valence-corrected chi connectivity index (χ0v) is 17.0. The minimum atomic E-state index is -0.438. The van der Waals surface area contributed by atoms with Crippen LogP contribution in [0.4, 0.5) is 0 Å². The molecule has 146 valence electrons. The Morgan fingerprint density at radius 3 is 1.90 bits per heavy atom. The fraction of sp³-hybridized carbons (Fsp3) is 0.167. The van der Waals surface area contributed by atoms with E-state index in [1.165, 1.54) is 0 Å². The number of esters is 2. The zero-order chi connectivity index (χ0) is 20.4. The van der Waals surface area contributed by atoms with Gasteiger partial charge in [-0.3, -0.25) is 0 Å². The van der Waals surface area contributed by atoms with Gasteiger partial charge in [-0.15, -0.1) is 11.3 Å². The van der Waals surface area contributed by atoms with Crippen molar-refractivity contribution >= 4 is 33.4 Å². The molecular weight excluding hydrogens is 384 g/mol. The quantitative estimate of drug-likeness (QED) is 0.381. The summed E-state index contributed by atoms with van der Waals surface area (Å²) in [7, 11) is 0. The van der Waals surface area contributed by atoms with Gasteiger partial charge in [-0.2, -0.15) is 0 Å². The Kier molecular flexibility index (Phi) is 5.32. The van der Waals surface area contributed by atoms with Crippen LogP contribution in [0.15, 0.2) is 60.7 Å². The summed E-state index contributed by atoms with van der Waals surface area (Å²) in [4.78, 5) is 26.8. The standard InChI is InChI=1S/C24H20O4S/c1-3-27-23(25)20-16-11-6-5-7-12-17(16)21(24(26)28-4-2)22(20)19-14-15-10-8-9-13-18(15)29-19/h5-14H,3-4H2,1-2H3. The molecule has 0 fully saturated rings. The lowest BCUT2D eigenvalue weighted by Crippen LogP contribution is -2.08. The second kappa shape index (κ2) is 8.05. The van der Waals surface area contributed by atoms with E-state index >= 15 is 0 Å². The number of ether oxygens (including phenoxy) is 2. The first kappa shape index (κ1) is 19.2. The van der Waals surface area contributed by atoms with Gasteiger partial charge in [0.1, 0.15) is 0 Å². The van der Waals surface area contributed by atoms with Crippen molar-refractivity contribution in [1.29, 1.82) is 0 Å². The van der Waals surface area contributed by atoms with Crippen molar-refractivity contribution in [3.63, 3.8) is 0 Å². The molecule has 2 aromatic rings. The normalized spacial score (nSPS) is 11.0. The van der Waals surface area contributed by atoms with E-state index in [0.29, 0.717) is 27.8 Å². The van der Waals surface area contributed by atoms with Gasteiger partial charge >= 0.3 is 11.9 Å². The largest absolute Gasteiger partial charge is 0.462 e. The average Bonchev–Trinajstić information content (AvgIpc) is 3.19. The van der Waals surface area contributed by atoms with Crippen LogP contribution >= 0.6 is 11.3 Å². The molecule has 5 heteroatoms. The second-order valence-corrected chi connectivity index (χ2v) is 7.54. The molecule has 0 unspecified atom stereocenters. The minimum absolute atomic E-state index is 0.255. The van der Waals surface area contributed by atoms with Gasteiger partial charge < -0.3 is 9.47 Å². The molecule has 2 aliphatic rings. The van der Waals surface area contributed by atoms with Gasteiger partial charge in [0.05, 0.1) is 24.3 Å². The van der Waals surface area contributed by atoms with E-state index in [9.17, 15) is 9.59 Å². The highest BCUT2D eigenvalue weighted by atomic mass is 32.1. The Morgan fingerprint density at radius 1 is 0.793 bits per heavy atom. The summed E-state index contributed by atoms with van der Waals surface area (Å²) in [5.41, 5.74) is 2.78. The fourth-order valence-corrected chi connectivity index (χ4v) is 4.68. The Bertz CT molecular complexity index is 1090. The molecule has 0 N–H and O–H groups in total. The van der Waals surface area contributed by atoms with Gasteiger partial charge in [0.2, 0.25) is 0 Å². The van der Waals surface area contributed by atoms with Crippen molar-refractivity contribution in [3.8, 4) is 21.6 Å². The van der Waals surface area contributed by atoms with Crippen molar-refractivity contribution < 1.29 is 19.1 Å². The van der Waals surface area contributed by atoms with Crippen molar-refractivity contribution in [1.82, 2.24) is 0 Å². The summed E-state index contributed by atoms with van der Waals surface area (Å²) >= 11 is 1.55. The molecule has 29 heavy (non-hydrogen) atoms. The van der Waals surface area contributed by atoms with Gasteiger partial charge in [-0.05, 0) is 42.5 Å². The van der Waals surface area contributed by atoms with E-state index in [2.05, 4.69) is 0 Å². The Morgan fingerprint density at radius 2 is 1.34 bits per heavy atom. The van der Waals surface area contributed by atoms with Crippen molar-refractivity contribution in [2.24, 2.45) is 0 Å². The van der Waals surface area contributed by atoms with Crippen LogP contribution < -0.4 is 0 Å². The Labute approximate surface area is 173 Å². The predicted molar refractivity (Wildman–Crippen MR) is 116 cm³/mol. The van der Waals surface area contributed by atoms with Gasteiger partial charge in [0.15, 0.2) is 0 Å². The Balaban J connectivity index is 2.09. The van der Waals surface area contributed by atoms with Crippen LogP contribution in [0, 0.1) is 0 Å². The van der Waals surface area contributed by atoms with Crippen LogP contribution in [0.25, 0.3) is 31.7 Å². The first-order chi connectivity index (χ1) is 14.2. The van der Waals surface area contributed by atoms with E-state index in [1.54, 1.807) is 25.2 Å². The molecule has 1 aromatic carbocycles. The van der Waals surface area contributed by atoms with Crippen molar-refractivity contribution in [3.05, 3.63) is 71.8 Å². The number of carbonyl (C=O) groups excluding carboxylic acids is 2. The molecule has 4 nitrogen and oxygen atoms in total. The molecule has 0 radical (unpaired) electrons. The van der Waals surface area contributed by atoms with Crippen molar-refractivity contribution in [2.45, 2.75) is 13.8 Å². The third kappa shape index (κ3) is 3.38. The molecular formula is C24H20O4S. The molecule has 4 rings (SSSR count). The lowest BCUT2D eigenvalue weighted by Gasteiger charge is -2.06. The third-order valence-corrected chi connectivity index (χ3v) is 5.84. The molecule has 1 heterocycles. The molecule has 1 aromatic heterocycles. The smallest absolute Gasteiger partial charge is 0.339 e. The van der Waals surface area contributed by atoms with E-state index in [1.807, 2.05) is 60.7 Å². The van der Waals surface area contributed by atoms with Crippen LogP contribution in [0.5, 0.6) is 0 Å². The number of hydrogen-bond donors (Lipinski definition) is 0. The number of carbonyl (C=O) groups is 2. The highest BCUT2D eigenvalue weighted by Crippen LogP contribution is 2.46. The number of fused-ring (bicyclic) bond motifs is 2. The lowest BCUT2D eigenvalue weighted by molar-refractivity contribution is 0.0525. The topological polar surface area (TPSA) is 52.6 Å². The summed E-state index contributed by atoms with van der Waals surface area (Å²) in [5.74, 6) is -0.876. The fourth-order valence-electron chi connectivity index (χ4n) is 3.56. The average molecular weight is 404 g/mol. The van der Waals surface area contributed by atoms with E-state index < -0.39 is 11.9 Å². The predicted octanol–water partition coefficient (Wildman–Crippen LogP) is 6.03. The maximum atomic E-state index is 13.0. The number of benzene rings is 1. The highest BCUT2D eigenvalue weighted by Gasteiger charge is 2.33. The lowest BCUT2D eigenvalue weighted by atomic mass is 10.1. The van der Waals surface area contributed by atoms with E-state index in [4.69, 9.17) is 9.47 Å².